The van der Waals surface area contributed by atoms with Gasteiger partial charge in [0.15, 0.2) is 0 Å². The van der Waals surface area contributed by atoms with Crippen LogP contribution in [0, 0.1) is 5.95 Å². The van der Waals surface area contributed by atoms with E-state index in [-0.39, 0.29) is 24.4 Å². The fourth-order valence-electron chi connectivity index (χ4n) is 1.98. The summed E-state index contributed by atoms with van der Waals surface area (Å²) in [5.74, 6) is -1.27. The van der Waals surface area contributed by atoms with Gasteiger partial charge in [-0.1, -0.05) is 0 Å². The van der Waals surface area contributed by atoms with Crippen LogP contribution >= 0.6 is 0 Å². The molecule has 6 nitrogen and oxygen atoms in total. The van der Waals surface area contributed by atoms with Gasteiger partial charge in [0.1, 0.15) is 0 Å². The van der Waals surface area contributed by atoms with Crippen molar-refractivity contribution in [3.63, 3.8) is 0 Å². The first-order chi connectivity index (χ1) is 9.60. The molecule has 0 aromatic carbocycles. The quantitative estimate of drug-likeness (QED) is 0.600. The Morgan fingerprint density at radius 1 is 1.55 bits per heavy atom. The number of pyridine rings is 1. The van der Waals surface area contributed by atoms with Crippen LogP contribution in [0.25, 0.3) is 0 Å². The second-order valence-corrected chi connectivity index (χ2v) is 4.39. The lowest BCUT2D eigenvalue weighted by Gasteiger charge is -2.32. The molecule has 2 heterocycles. The molecular formula is C13H15FN2O4. The molecule has 0 radical (unpaired) electrons. The van der Waals surface area contributed by atoms with Crippen LogP contribution in [0.3, 0.4) is 0 Å². The maximum Gasteiger partial charge on any atom is 0.308 e. The number of amides is 1. The summed E-state index contributed by atoms with van der Waals surface area (Å²) in [6.45, 7) is 1.07. The lowest BCUT2D eigenvalue weighted by atomic mass is 10.1. The van der Waals surface area contributed by atoms with E-state index in [2.05, 4.69) is 9.72 Å². The second-order valence-electron chi connectivity index (χ2n) is 4.39. The molecule has 108 valence electrons. The van der Waals surface area contributed by atoms with Gasteiger partial charge in [-0.3, -0.25) is 9.59 Å². The van der Waals surface area contributed by atoms with Gasteiger partial charge in [-0.2, -0.15) is 4.39 Å². The molecule has 1 fully saturated rings. The highest BCUT2D eigenvalue weighted by Crippen LogP contribution is 2.13. The Labute approximate surface area is 115 Å². The molecule has 0 spiro atoms. The van der Waals surface area contributed by atoms with Gasteiger partial charge in [-0.15, -0.1) is 0 Å². The van der Waals surface area contributed by atoms with Crippen LogP contribution < -0.4 is 0 Å². The number of carbonyl (C=O) groups is 2. The average Bonchev–Trinajstić information content (AvgIpc) is 2.47. The molecule has 1 atom stereocenters. The second kappa shape index (κ2) is 6.42. The zero-order chi connectivity index (χ0) is 14.5. The zero-order valence-electron chi connectivity index (χ0n) is 11.0. The third-order valence-electron chi connectivity index (χ3n) is 3.02. The molecule has 1 aliphatic rings. The van der Waals surface area contributed by atoms with Gasteiger partial charge in [-0.05, 0) is 12.1 Å². The van der Waals surface area contributed by atoms with E-state index in [0.717, 1.165) is 6.07 Å². The number of esters is 1. The molecule has 2 rings (SSSR count). The van der Waals surface area contributed by atoms with Crippen molar-refractivity contribution >= 4 is 11.9 Å². The lowest BCUT2D eigenvalue weighted by Crippen LogP contribution is -2.46. The molecule has 7 heteroatoms. The Hall–Kier alpha value is -2.02. The van der Waals surface area contributed by atoms with E-state index in [1.54, 1.807) is 4.90 Å². The Morgan fingerprint density at radius 3 is 3.00 bits per heavy atom. The van der Waals surface area contributed by atoms with Crippen molar-refractivity contribution in [2.45, 2.75) is 12.5 Å². The number of ether oxygens (including phenoxy) is 2. The van der Waals surface area contributed by atoms with Gasteiger partial charge < -0.3 is 14.4 Å². The van der Waals surface area contributed by atoms with Gasteiger partial charge >= 0.3 is 5.97 Å². The molecule has 1 saturated heterocycles. The number of halogens is 1. The van der Waals surface area contributed by atoms with Crippen molar-refractivity contribution in [3.05, 3.63) is 29.8 Å². The van der Waals surface area contributed by atoms with Crippen molar-refractivity contribution in [1.82, 2.24) is 9.88 Å². The average molecular weight is 282 g/mol. The summed E-state index contributed by atoms with van der Waals surface area (Å²) in [7, 11) is 1.30. The highest BCUT2D eigenvalue weighted by atomic mass is 19.1. The summed E-state index contributed by atoms with van der Waals surface area (Å²) in [6.07, 6.45) is 0.915. The monoisotopic (exact) mass is 282 g/mol. The van der Waals surface area contributed by atoms with Crippen molar-refractivity contribution < 1.29 is 23.5 Å². The minimum Gasteiger partial charge on any atom is -0.469 e. The zero-order valence-corrected chi connectivity index (χ0v) is 11.0. The van der Waals surface area contributed by atoms with Crippen LogP contribution in [0.4, 0.5) is 4.39 Å². The Bertz CT molecular complexity index is 492. The Kier molecular flexibility index (Phi) is 4.62. The van der Waals surface area contributed by atoms with Crippen LogP contribution in [0.1, 0.15) is 16.8 Å². The van der Waals surface area contributed by atoms with Crippen LogP contribution in [0.15, 0.2) is 18.3 Å². The van der Waals surface area contributed by atoms with Crippen molar-refractivity contribution in [2.24, 2.45) is 0 Å². The van der Waals surface area contributed by atoms with Gasteiger partial charge in [-0.25, -0.2) is 4.98 Å². The van der Waals surface area contributed by atoms with E-state index >= 15 is 0 Å². The van der Waals surface area contributed by atoms with Crippen LogP contribution in [0.5, 0.6) is 0 Å². The largest absolute Gasteiger partial charge is 0.469 e. The highest BCUT2D eigenvalue weighted by molar-refractivity contribution is 5.94. The van der Waals surface area contributed by atoms with Gasteiger partial charge in [0, 0.05) is 19.3 Å². The van der Waals surface area contributed by atoms with E-state index in [9.17, 15) is 14.0 Å². The molecule has 0 aliphatic carbocycles. The number of rotatable bonds is 3. The minimum absolute atomic E-state index is 0.0992. The third-order valence-corrected chi connectivity index (χ3v) is 3.02. The van der Waals surface area contributed by atoms with E-state index in [0.29, 0.717) is 25.3 Å². The standard InChI is InChI=1S/C13H15FN2O4/c1-19-12(17)6-10-8-16(4-5-20-10)13(18)9-2-3-11(14)15-7-9/h2-3,7,10H,4-6,8H2,1H3. The van der Waals surface area contributed by atoms with E-state index in [1.165, 1.54) is 19.4 Å². The fraction of sp³-hybridized carbons (Fsp3) is 0.462. The number of methoxy groups -OCH3 is 1. The first-order valence-electron chi connectivity index (χ1n) is 6.19. The number of hydrogen-bond donors (Lipinski definition) is 0. The van der Waals surface area contributed by atoms with Crippen LogP contribution in [-0.2, 0) is 14.3 Å². The molecule has 20 heavy (non-hydrogen) atoms. The van der Waals surface area contributed by atoms with Crippen molar-refractivity contribution in [2.75, 3.05) is 26.8 Å². The van der Waals surface area contributed by atoms with E-state index in [1.807, 2.05) is 0 Å². The molecule has 1 unspecified atom stereocenters. The Balaban J connectivity index is 1.99. The summed E-state index contributed by atoms with van der Waals surface area (Å²) in [4.78, 5) is 28.4. The van der Waals surface area contributed by atoms with Gasteiger partial charge in [0.05, 0.1) is 31.8 Å². The number of carbonyl (C=O) groups excluding carboxylic acids is 2. The molecule has 0 N–H and O–H groups in total. The third kappa shape index (κ3) is 3.51. The van der Waals surface area contributed by atoms with Crippen LogP contribution in [-0.4, -0.2) is 54.7 Å². The summed E-state index contributed by atoms with van der Waals surface area (Å²) in [5.41, 5.74) is 0.310. The minimum atomic E-state index is -0.632. The SMILES string of the molecule is COC(=O)CC1CN(C(=O)c2ccc(F)nc2)CCO1. The topological polar surface area (TPSA) is 68.7 Å². The maximum absolute atomic E-state index is 12.7. The number of nitrogens with zero attached hydrogens (tertiary/aromatic N) is 2. The number of morpholine rings is 1. The smallest absolute Gasteiger partial charge is 0.308 e. The molecule has 1 amide bonds. The lowest BCUT2D eigenvalue weighted by molar-refractivity contribution is -0.145. The first kappa shape index (κ1) is 14.4. The summed E-state index contributed by atoms with van der Waals surface area (Å²) < 4.78 is 22.7. The molecule has 0 bridgehead atoms. The van der Waals surface area contributed by atoms with Gasteiger partial charge in [0.2, 0.25) is 5.95 Å². The van der Waals surface area contributed by atoms with Crippen molar-refractivity contribution in [3.8, 4) is 0 Å². The molecular weight excluding hydrogens is 267 g/mol. The van der Waals surface area contributed by atoms with E-state index in [4.69, 9.17) is 4.74 Å². The predicted molar refractivity (Wildman–Crippen MR) is 66.5 cm³/mol. The number of hydrogen-bond acceptors (Lipinski definition) is 5. The molecule has 1 aromatic heterocycles. The van der Waals surface area contributed by atoms with Crippen LogP contribution in [0.2, 0.25) is 0 Å². The molecule has 1 aromatic rings. The summed E-state index contributed by atoms with van der Waals surface area (Å²) in [6, 6.07) is 2.52. The summed E-state index contributed by atoms with van der Waals surface area (Å²) in [5, 5.41) is 0. The molecule has 1 aliphatic heterocycles. The van der Waals surface area contributed by atoms with E-state index < -0.39 is 5.95 Å². The fourth-order valence-corrected chi connectivity index (χ4v) is 1.98. The summed E-state index contributed by atoms with van der Waals surface area (Å²) >= 11 is 0. The number of aromatic nitrogens is 1. The van der Waals surface area contributed by atoms with Crippen molar-refractivity contribution in [1.29, 1.82) is 0 Å². The Morgan fingerprint density at radius 2 is 2.35 bits per heavy atom. The normalized spacial score (nSPS) is 18.7. The van der Waals surface area contributed by atoms with Gasteiger partial charge in [0.25, 0.3) is 5.91 Å². The first-order valence-corrected chi connectivity index (χ1v) is 6.19. The molecule has 0 saturated carbocycles. The highest BCUT2D eigenvalue weighted by Gasteiger charge is 2.27. The maximum atomic E-state index is 12.7. The predicted octanol–water partition coefficient (Wildman–Crippen LogP) is 0.625.